The lowest BCUT2D eigenvalue weighted by molar-refractivity contribution is -0.0300. The van der Waals surface area contributed by atoms with E-state index in [-0.39, 0.29) is 17.9 Å². The van der Waals surface area contributed by atoms with Gasteiger partial charge in [-0.2, -0.15) is 0 Å². The number of methoxy groups -OCH3 is 1. The van der Waals surface area contributed by atoms with Crippen LogP contribution in [0, 0.1) is 0 Å². The molecule has 0 spiro atoms. The standard InChI is InChI=1S/C22H28N2O4S/c1-26-18-6-4-17(5-7-18)20(23-8-12-27-13-9-23)21(24-10-14-28-15-11-24)22(25)19-3-2-16-29-19/h2-7,16,20-21H,8-15H2,1H3/t20-,21-/m1/s1. The maximum Gasteiger partial charge on any atom is 0.191 e. The molecule has 0 bridgehead atoms. The lowest BCUT2D eigenvalue weighted by Crippen LogP contribution is -2.55. The molecular formula is C22H28N2O4S. The van der Waals surface area contributed by atoms with E-state index in [1.165, 1.54) is 11.3 Å². The summed E-state index contributed by atoms with van der Waals surface area (Å²) in [5.74, 6) is 1.01. The predicted molar refractivity (Wildman–Crippen MR) is 113 cm³/mol. The lowest BCUT2D eigenvalue weighted by atomic mass is 9.91. The minimum absolute atomic E-state index is 0.0440. The molecule has 3 heterocycles. The van der Waals surface area contributed by atoms with Crippen LogP contribution >= 0.6 is 11.3 Å². The van der Waals surface area contributed by atoms with Crippen molar-refractivity contribution in [2.45, 2.75) is 12.1 Å². The van der Waals surface area contributed by atoms with Crippen LogP contribution in [0.3, 0.4) is 0 Å². The maximum atomic E-state index is 13.7. The van der Waals surface area contributed by atoms with E-state index in [2.05, 4.69) is 21.9 Å². The number of hydrogen-bond acceptors (Lipinski definition) is 7. The summed E-state index contributed by atoms with van der Waals surface area (Å²) in [5, 5.41) is 1.97. The van der Waals surface area contributed by atoms with Gasteiger partial charge in [0.25, 0.3) is 0 Å². The molecule has 2 aliphatic rings. The van der Waals surface area contributed by atoms with E-state index in [1.54, 1.807) is 7.11 Å². The fraction of sp³-hybridized carbons (Fsp3) is 0.500. The molecule has 1 aromatic heterocycles. The van der Waals surface area contributed by atoms with Crippen LogP contribution in [0.5, 0.6) is 5.75 Å². The molecule has 156 valence electrons. The molecule has 0 saturated carbocycles. The fourth-order valence-corrected chi connectivity index (χ4v) is 4.88. The Morgan fingerprint density at radius 1 is 0.966 bits per heavy atom. The van der Waals surface area contributed by atoms with Crippen LogP contribution < -0.4 is 4.74 Å². The van der Waals surface area contributed by atoms with Gasteiger partial charge in [0, 0.05) is 26.2 Å². The van der Waals surface area contributed by atoms with Gasteiger partial charge in [0.2, 0.25) is 0 Å². The topological polar surface area (TPSA) is 51.2 Å². The van der Waals surface area contributed by atoms with Gasteiger partial charge in [-0.25, -0.2) is 0 Å². The molecule has 6 nitrogen and oxygen atoms in total. The number of hydrogen-bond donors (Lipinski definition) is 0. The summed E-state index contributed by atoms with van der Waals surface area (Å²) >= 11 is 1.52. The second-order valence-corrected chi connectivity index (χ2v) is 8.25. The molecule has 0 N–H and O–H groups in total. The summed E-state index contributed by atoms with van der Waals surface area (Å²) in [6.07, 6.45) is 0. The molecule has 2 atom stereocenters. The summed E-state index contributed by atoms with van der Waals surface area (Å²) in [4.78, 5) is 19.2. The van der Waals surface area contributed by atoms with Gasteiger partial charge in [-0.15, -0.1) is 11.3 Å². The van der Waals surface area contributed by atoms with E-state index in [4.69, 9.17) is 14.2 Å². The third-order valence-electron chi connectivity index (χ3n) is 5.67. The number of rotatable bonds is 7. The van der Waals surface area contributed by atoms with Crippen LogP contribution in [0.4, 0.5) is 0 Å². The molecular weight excluding hydrogens is 388 g/mol. The molecule has 1 aromatic carbocycles. The molecule has 29 heavy (non-hydrogen) atoms. The van der Waals surface area contributed by atoms with Crippen LogP contribution in [-0.2, 0) is 9.47 Å². The van der Waals surface area contributed by atoms with Gasteiger partial charge in [-0.1, -0.05) is 18.2 Å². The van der Waals surface area contributed by atoms with Gasteiger partial charge in [0.15, 0.2) is 5.78 Å². The fourth-order valence-electron chi connectivity index (χ4n) is 4.18. The van der Waals surface area contributed by atoms with Crippen molar-refractivity contribution in [3.8, 4) is 5.75 Å². The molecule has 4 rings (SSSR count). The van der Waals surface area contributed by atoms with Gasteiger partial charge in [-0.3, -0.25) is 14.6 Å². The minimum atomic E-state index is -0.260. The zero-order valence-electron chi connectivity index (χ0n) is 16.8. The zero-order valence-corrected chi connectivity index (χ0v) is 17.6. The number of ether oxygens (including phenoxy) is 3. The average Bonchev–Trinajstić information content (AvgIpc) is 3.33. The summed E-state index contributed by atoms with van der Waals surface area (Å²) < 4.78 is 16.5. The second-order valence-electron chi connectivity index (χ2n) is 7.30. The Labute approximate surface area is 176 Å². The summed E-state index contributed by atoms with van der Waals surface area (Å²) in [5.41, 5.74) is 1.13. The van der Waals surface area contributed by atoms with E-state index >= 15 is 0 Å². The summed E-state index contributed by atoms with van der Waals surface area (Å²) in [6.45, 7) is 5.85. The zero-order chi connectivity index (χ0) is 20.1. The molecule has 2 aromatic rings. The summed E-state index contributed by atoms with van der Waals surface area (Å²) in [7, 11) is 1.67. The van der Waals surface area contributed by atoms with Crippen molar-refractivity contribution in [2.24, 2.45) is 0 Å². The van der Waals surface area contributed by atoms with E-state index in [9.17, 15) is 4.79 Å². The largest absolute Gasteiger partial charge is 0.497 e. The highest BCUT2D eigenvalue weighted by molar-refractivity contribution is 7.12. The van der Waals surface area contributed by atoms with Gasteiger partial charge >= 0.3 is 0 Å². The first-order valence-electron chi connectivity index (χ1n) is 10.1. The van der Waals surface area contributed by atoms with Gasteiger partial charge in [0.05, 0.1) is 50.5 Å². The molecule has 2 aliphatic heterocycles. The third kappa shape index (κ3) is 4.70. The number of benzene rings is 1. The van der Waals surface area contributed by atoms with Crippen molar-refractivity contribution in [3.63, 3.8) is 0 Å². The normalized spacial score (nSPS) is 20.9. The number of carbonyl (C=O) groups is 1. The number of ketones is 1. The van der Waals surface area contributed by atoms with Gasteiger partial charge in [-0.05, 0) is 29.1 Å². The van der Waals surface area contributed by atoms with Crippen molar-refractivity contribution in [3.05, 3.63) is 52.2 Å². The Bertz CT molecular complexity index is 769. The minimum Gasteiger partial charge on any atom is -0.497 e. The van der Waals surface area contributed by atoms with E-state index in [0.717, 1.165) is 42.4 Å². The lowest BCUT2D eigenvalue weighted by Gasteiger charge is -2.44. The Morgan fingerprint density at radius 3 is 2.14 bits per heavy atom. The number of carbonyl (C=O) groups excluding carboxylic acids is 1. The van der Waals surface area contributed by atoms with Crippen molar-refractivity contribution in [1.82, 2.24) is 9.80 Å². The highest BCUT2D eigenvalue weighted by Gasteiger charge is 2.40. The van der Waals surface area contributed by atoms with Crippen molar-refractivity contribution in [1.29, 1.82) is 0 Å². The average molecular weight is 417 g/mol. The Balaban J connectivity index is 1.74. The first-order chi connectivity index (χ1) is 14.3. The van der Waals surface area contributed by atoms with Gasteiger partial charge in [0.1, 0.15) is 5.75 Å². The maximum absolute atomic E-state index is 13.7. The van der Waals surface area contributed by atoms with Crippen LogP contribution in [-0.4, -0.2) is 81.3 Å². The summed E-state index contributed by atoms with van der Waals surface area (Å²) in [6, 6.07) is 11.7. The quantitative estimate of drug-likeness (QED) is 0.647. The van der Waals surface area contributed by atoms with E-state index < -0.39 is 0 Å². The Morgan fingerprint density at radius 2 is 1.59 bits per heavy atom. The molecule has 0 aliphatic carbocycles. The molecule has 0 amide bonds. The number of Topliss-reactive ketones (excluding diaryl/α,β-unsaturated/α-hetero) is 1. The highest BCUT2D eigenvalue weighted by Crippen LogP contribution is 2.33. The van der Waals surface area contributed by atoms with Crippen LogP contribution in [0.2, 0.25) is 0 Å². The molecule has 0 unspecified atom stereocenters. The van der Waals surface area contributed by atoms with Gasteiger partial charge < -0.3 is 14.2 Å². The van der Waals surface area contributed by atoms with Crippen LogP contribution in [0.15, 0.2) is 41.8 Å². The third-order valence-corrected chi connectivity index (χ3v) is 6.55. The predicted octanol–water partition coefficient (Wildman–Crippen LogP) is 2.71. The van der Waals surface area contributed by atoms with Crippen molar-refractivity contribution >= 4 is 17.1 Å². The number of morpholine rings is 2. The number of thiophene rings is 1. The SMILES string of the molecule is COc1ccc([C@H]([C@H](C(=O)c2cccs2)N2CCOCC2)N2CCOCC2)cc1. The van der Waals surface area contributed by atoms with E-state index in [0.29, 0.717) is 26.4 Å². The van der Waals surface area contributed by atoms with E-state index in [1.807, 2.05) is 29.6 Å². The van der Waals surface area contributed by atoms with Crippen LogP contribution in [0.25, 0.3) is 0 Å². The Kier molecular flexibility index (Phi) is 6.94. The first kappa shape index (κ1) is 20.5. The highest BCUT2D eigenvalue weighted by atomic mass is 32.1. The van der Waals surface area contributed by atoms with Crippen LogP contribution in [0.1, 0.15) is 21.3 Å². The molecule has 2 fully saturated rings. The molecule has 2 saturated heterocycles. The van der Waals surface area contributed by atoms with Crippen molar-refractivity contribution < 1.29 is 19.0 Å². The molecule has 7 heteroatoms. The van der Waals surface area contributed by atoms with Crippen molar-refractivity contribution in [2.75, 3.05) is 59.7 Å². The Hall–Kier alpha value is -1.77. The number of nitrogens with zero attached hydrogens (tertiary/aromatic N) is 2. The smallest absolute Gasteiger partial charge is 0.191 e. The first-order valence-corrected chi connectivity index (χ1v) is 11.0. The second kappa shape index (κ2) is 9.82. The monoisotopic (exact) mass is 416 g/mol. The molecule has 0 radical (unpaired) electrons.